The summed E-state index contributed by atoms with van der Waals surface area (Å²) in [4.78, 5) is 0. The minimum absolute atomic E-state index is 0.461. The molecule has 0 atom stereocenters. The molecule has 31 heavy (non-hydrogen) atoms. The van der Waals surface area contributed by atoms with E-state index in [1.807, 2.05) is 0 Å². The molecule has 16 heteroatoms. The van der Waals surface area contributed by atoms with Gasteiger partial charge >= 0.3 is 25.1 Å². The van der Waals surface area contributed by atoms with E-state index in [0.717, 1.165) is 24.7 Å². The number of alkyl halides is 9. The molecule has 0 spiro atoms. The first-order valence-electron chi connectivity index (χ1n) is 8.36. The molecular formula is C15H11BF9N6-. The van der Waals surface area contributed by atoms with Crippen molar-refractivity contribution < 1.29 is 39.5 Å². The van der Waals surface area contributed by atoms with Crippen LogP contribution in [0, 0.1) is 0 Å². The average molecular weight is 457 g/mol. The van der Waals surface area contributed by atoms with Gasteiger partial charge in [-0.25, -0.2) is 15.3 Å². The lowest BCUT2D eigenvalue weighted by Gasteiger charge is -2.41. The molecule has 0 radical (unpaired) electrons. The zero-order valence-corrected chi connectivity index (χ0v) is 15.1. The Morgan fingerprint density at radius 1 is 0.677 bits per heavy atom. The van der Waals surface area contributed by atoms with Crippen LogP contribution in [0.5, 0.6) is 0 Å². The third kappa shape index (κ3) is 4.05. The van der Waals surface area contributed by atoms with Crippen LogP contribution in [0.1, 0.15) is 17.1 Å². The van der Waals surface area contributed by atoms with Gasteiger partial charge in [0.15, 0.2) is 17.1 Å². The van der Waals surface area contributed by atoms with Crippen molar-refractivity contribution in [3.63, 3.8) is 0 Å². The fraction of sp³-hybridized carbons (Fsp3) is 0.267. The smallest absolute Gasteiger partial charge is 0.399 e. The number of hydrogen-bond acceptors (Lipinski definition) is 3. The van der Waals surface area contributed by atoms with Crippen molar-refractivity contribution in [3.05, 3.63) is 66.5 Å². The van der Waals surface area contributed by atoms with Crippen LogP contribution in [0.4, 0.5) is 39.5 Å². The largest absolute Gasteiger partial charge is 0.434 e. The van der Waals surface area contributed by atoms with E-state index >= 15 is 0 Å². The van der Waals surface area contributed by atoms with Crippen molar-refractivity contribution in [1.82, 2.24) is 29.1 Å². The van der Waals surface area contributed by atoms with Gasteiger partial charge in [-0.2, -0.15) is 39.5 Å². The third-order valence-corrected chi connectivity index (χ3v) is 4.45. The molecule has 0 aliphatic carbocycles. The first-order valence-corrected chi connectivity index (χ1v) is 8.36. The SMILES string of the molecule is C=CC[B-](n1ccc(C(F)(F)F)n1)(n1ccc(C(F)(F)F)n1)n1ccc(C(F)(F)F)n1. The van der Waals surface area contributed by atoms with Crippen LogP contribution in [0.3, 0.4) is 0 Å². The van der Waals surface area contributed by atoms with Gasteiger partial charge in [0.2, 0.25) is 0 Å². The molecule has 3 rings (SSSR count). The normalized spacial score (nSPS) is 13.6. The summed E-state index contributed by atoms with van der Waals surface area (Å²) in [6.07, 6.45) is -11.8. The van der Waals surface area contributed by atoms with Gasteiger partial charge in [0, 0.05) is 0 Å². The topological polar surface area (TPSA) is 53.5 Å². The first-order chi connectivity index (χ1) is 14.2. The molecule has 0 N–H and O–H groups in total. The molecule has 0 saturated carbocycles. The Bertz CT molecular complexity index is 945. The molecule has 0 fully saturated rings. The minimum Gasteiger partial charge on any atom is -0.399 e. The van der Waals surface area contributed by atoms with Gasteiger partial charge in [-0.3, -0.25) is 0 Å². The summed E-state index contributed by atoms with van der Waals surface area (Å²) < 4.78 is 119. The van der Waals surface area contributed by atoms with Crippen LogP contribution in [0.25, 0.3) is 0 Å². The predicted molar refractivity (Wildman–Crippen MR) is 88.6 cm³/mol. The van der Waals surface area contributed by atoms with E-state index in [2.05, 4.69) is 21.9 Å². The molecule has 0 aromatic carbocycles. The summed E-state index contributed by atoms with van der Waals surface area (Å²) in [6.45, 7) is 0.211. The number of aromatic nitrogens is 6. The Balaban J connectivity index is 2.30. The summed E-state index contributed by atoms with van der Waals surface area (Å²) in [5.74, 6) is 0. The highest BCUT2D eigenvalue weighted by molar-refractivity contribution is 6.74. The molecule has 0 amide bonds. The Labute approximate surface area is 167 Å². The van der Waals surface area contributed by atoms with Crippen molar-refractivity contribution in [1.29, 1.82) is 0 Å². The van der Waals surface area contributed by atoms with Gasteiger partial charge in [-0.15, -0.1) is 12.7 Å². The van der Waals surface area contributed by atoms with Crippen molar-refractivity contribution in [2.24, 2.45) is 0 Å². The maximum absolute atomic E-state index is 13.1. The lowest BCUT2D eigenvalue weighted by Crippen LogP contribution is -2.59. The summed E-state index contributed by atoms with van der Waals surface area (Å²) in [6, 6.07) is 1.59. The molecule has 6 nitrogen and oxygen atoms in total. The van der Waals surface area contributed by atoms with Gasteiger partial charge in [-0.1, -0.05) is 6.32 Å². The van der Waals surface area contributed by atoms with Gasteiger partial charge in [0.05, 0.1) is 0 Å². The molecule has 0 saturated heterocycles. The number of rotatable bonds is 5. The van der Waals surface area contributed by atoms with Gasteiger partial charge in [0.1, 0.15) is 0 Å². The van der Waals surface area contributed by atoms with E-state index in [0.29, 0.717) is 32.0 Å². The Kier molecular flexibility index (Phi) is 5.22. The number of hydrogen-bond donors (Lipinski definition) is 0. The van der Waals surface area contributed by atoms with E-state index in [9.17, 15) is 39.5 Å². The van der Waals surface area contributed by atoms with Gasteiger partial charge in [0.25, 0.3) is 0 Å². The fourth-order valence-corrected chi connectivity index (χ4v) is 3.07. The van der Waals surface area contributed by atoms with Crippen molar-refractivity contribution in [2.75, 3.05) is 0 Å². The second-order valence-corrected chi connectivity index (χ2v) is 6.45. The highest BCUT2D eigenvalue weighted by Gasteiger charge is 2.42. The highest BCUT2D eigenvalue weighted by Crippen LogP contribution is 2.32. The molecule has 168 valence electrons. The second kappa shape index (κ2) is 7.20. The summed E-state index contributed by atoms with van der Waals surface area (Å²) in [5, 5.41) is 10.1. The number of halogens is 9. The Hall–Kier alpha value is -3.20. The summed E-state index contributed by atoms with van der Waals surface area (Å²) in [5.41, 5.74) is -4.22. The van der Waals surface area contributed by atoms with E-state index in [-0.39, 0.29) is 0 Å². The van der Waals surface area contributed by atoms with Crippen LogP contribution >= 0.6 is 0 Å². The molecular weight excluding hydrogens is 446 g/mol. The van der Waals surface area contributed by atoms with E-state index < -0.39 is 48.5 Å². The zero-order valence-electron chi connectivity index (χ0n) is 15.1. The van der Waals surface area contributed by atoms with Crippen molar-refractivity contribution >= 4 is 6.55 Å². The molecule has 3 aromatic heterocycles. The molecule has 0 unspecified atom stereocenters. The monoisotopic (exact) mass is 457 g/mol. The van der Waals surface area contributed by atoms with E-state index in [1.165, 1.54) is 0 Å². The molecule has 0 aliphatic heterocycles. The number of allylic oxidation sites excluding steroid dienone is 1. The summed E-state index contributed by atoms with van der Waals surface area (Å²) >= 11 is 0. The lowest BCUT2D eigenvalue weighted by molar-refractivity contribution is -0.142. The summed E-state index contributed by atoms with van der Waals surface area (Å²) in [7, 11) is 0. The van der Waals surface area contributed by atoms with Crippen molar-refractivity contribution in [2.45, 2.75) is 24.8 Å². The first kappa shape index (κ1) is 22.5. The predicted octanol–water partition coefficient (Wildman–Crippen LogP) is 4.40. The Morgan fingerprint density at radius 3 is 1.16 bits per heavy atom. The highest BCUT2D eigenvalue weighted by atomic mass is 19.4. The number of nitrogens with zero attached hydrogens (tertiary/aromatic N) is 6. The Morgan fingerprint density at radius 2 is 0.968 bits per heavy atom. The quantitative estimate of drug-likeness (QED) is 0.325. The lowest BCUT2D eigenvalue weighted by atomic mass is 9.56. The van der Waals surface area contributed by atoms with Gasteiger partial charge < -0.3 is 13.8 Å². The molecule has 0 bridgehead atoms. The minimum atomic E-state index is -4.91. The maximum Gasteiger partial charge on any atom is 0.434 e. The molecule has 0 aliphatic rings. The van der Waals surface area contributed by atoms with Crippen LogP contribution in [-0.2, 0) is 18.5 Å². The van der Waals surface area contributed by atoms with Crippen LogP contribution in [0.2, 0.25) is 6.32 Å². The van der Waals surface area contributed by atoms with Gasteiger partial charge in [-0.05, 0) is 36.8 Å². The second-order valence-electron chi connectivity index (χ2n) is 6.45. The van der Waals surface area contributed by atoms with Crippen LogP contribution < -0.4 is 0 Å². The third-order valence-electron chi connectivity index (χ3n) is 4.45. The fourth-order valence-electron chi connectivity index (χ4n) is 3.07. The standard InChI is InChI=1S/C15H11BF9N6/c1-2-6-16(29-7-3-10(26-29)13(17,18)19,30-8-4-11(27-30)14(20,21)22)31-9-5-12(28-31)15(23,24)25/h2-5,7-9H,1,6H2/q-1. The van der Waals surface area contributed by atoms with Crippen molar-refractivity contribution in [3.8, 4) is 0 Å². The van der Waals surface area contributed by atoms with Crippen LogP contribution in [-0.4, -0.2) is 35.6 Å². The average Bonchev–Trinajstić information content (AvgIpc) is 3.38. The maximum atomic E-state index is 13.1. The molecule has 3 aromatic rings. The van der Waals surface area contributed by atoms with E-state index in [1.54, 1.807) is 0 Å². The van der Waals surface area contributed by atoms with E-state index in [4.69, 9.17) is 0 Å². The molecule has 3 heterocycles. The van der Waals surface area contributed by atoms with Crippen LogP contribution in [0.15, 0.2) is 49.4 Å². The zero-order chi connectivity index (χ0) is 23.2.